The van der Waals surface area contributed by atoms with Gasteiger partial charge >= 0.3 is 0 Å². The van der Waals surface area contributed by atoms with Crippen molar-refractivity contribution in [2.24, 2.45) is 10.8 Å². The predicted molar refractivity (Wildman–Crippen MR) is 120 cm³/mol. The number of alkyl halides is 2. The summed E-state index contributed by atoms with van der Waals surface area (Å²) in [6.45, 7) is 16.0. The molecule has 2 atom stereocenters. The normalized spacial score (nSPS) is 18.0. The maximum atomic E-state index is 3.89. The smallest absolute Gasteiger partial charge is 0.0443 e. The number of hydrogen-bond donors (Lipinski definition) is 0. The molecule has 0 heterocycles. The average Bonchev–Trinajstić information content (AvgIpc) is 2.79. The molecular formula is C23H32Br2. The van der Waals surface area contributed by atoms with Gasteiger partial charge in [-0.2, -0.15) is 0 Å². The highest BCUT2D eigenvalue weighted by Crippen LogP contribution is 2.43. The van der Waals surface area contributed by atoms with Gasteiger partial charge in [0, 0.05) is 9.65 Å². The van der Waals surface area contributed by atoms with E-state index < -0.39 is 0 Å². The number of halogens is 2. The van der Waals surface area contributed by atoms with Gasteiger partial charge in [-0.05, 0) is 52.9 Å². The summed E-state index contributed by atoms with van der Waals surface area (Å²) >= 11 is 7.71. The Bertz CT molecular complexity index is 681. The Balaban J connectivity index is 2.19. The molecule has 0 spiro atoms. The van der Waals surface area contributed by atoms with Crippen molar-refractivity contribution in [1.29, 1.82) is 0 Å². The first-order valence-electron chi connectivity index (χ1n) is 9.19. The molecular weight excluding hydrogens is 436 g/mol. The summed E-state index contributed by atoms with van der Waals surface area (Å²) in [5.41, 5.74) is 7.66. The van der Waals surface area contributed by atoms with Crippen LogP contribution < -0.4 is 0 Å². The molecule has 138 valence electrons. The Hall–Kier alpha value is -0.340. The maximum absolute atomic E-state index is 3.89. The van der Waals surface area contributed by atoms with Gasteiger partial charge in [0.2, 0.25) is 0 Å². The van der Waals surface area contributed by atoms with Crippen molar-refractivity contribution in [3.63, 3.8) is 0 Å². The zero-order valence-electron chi connectivity index (χ0n) is 16.7. The molecule has 0 bridgehead atoms. The number of benzene rings is 1. The standard InChI is InChI=1S/C23H32Br2/c1-15-13-17-14-16(21(25)23(5,6)7)11-12-19(17)18(15)9-8-10-20(24)22(2,3)4/h8-9,11-12,14,20-21H,10,13H2,1-7H3/b9-8-. The molecule has 25 heavy (non-hydrogen) atoms. The van der Waals surface area contributed by atoms with Gasteiger partial charge in [0.25, 0.3) is 0 Å². The predicted octanol–water partition coefficient (Wildman–Crippen LogP) is 8.25. The third-order valence-corrected chi connectivity index (χ3v) is 8.60. The topological polar surface area (TPSA) is 0 Å². The van der Waals surface area contributed by atoms with Gasteiger partial charge < -0.3 is 0 Å². The minimum Gasteiger partial charge on any atom is -0.0882 e. The molecule has 1 aliphatic carbocycles. The lowest BCUT2D eigenvalue weighted by Crippen LogP contribution is -2.19. The third-order valence-electron chi connectivity index (χ3n) is 4.96. The van der Waals surface area contributed by atoms with Gasteiger partial charge in [-0.15, -0.1) is 0 Å². The van der Waals surface area contributed by atoms with Crippen molar-refractivity contribution in [1.82, 2.24) is 0 Å². The molecule has 0 radical (unpaired) electrons. The summed E-state index contributed by atoms with van der Waals surface area (Å²) in [4.78, 5) is 0.882. The first-order chi connectivity index (χ1) is 11.4. The quantitative estimate of drug-likeness (QED) is 0.391. The van der Waals surface area contributed by atoms with E-state index in [2.05, 4.69) is 111 Å². The van der Waals surface area contributed by atoms with Gasteiger partial charge in [-0.1, -0.05) is 109 Å². The number of rotatable bonds is 4. The monoisotopic (exact) mass is 466 g/mol. The zero-order valence-corrected chi connectivity index (χ0v) is 19.9. The number of allylic oxidation sites excluding steroid dienone is 4. The fourth-order valence-electron chi connectivity index (χ4n) is 3.18. The van der Waals surface area contributed by atoms with Crippen molar-refractivity contribution in [3.05, 3.63) is 52.6 Å². The lowest BCUT2D eigenvalue weighted by Gasteiger charge is -2.26. The van der Waals surface area contributed by atoms with E-state index in [1.54, 1.807) is 0 Å². The van der Waals surface area contributed by atoms with Gasteiger partial charge in [-0.25, -0.2) is 0 Å². The van der Waals surface area contributed by atoms with Gasteiger partial charge in [-0.3, -0.25) is 0 Å². The lowest BCUT2D eigenvalue weighted by atomic mass is 9.86. The molecule has 0 N–H and O–H groups in total. The second-order valence-corrected chi connectivity index (χ2v) is 11.5. The van der Waals surface area contributed by atoms with Crippen LogP contribution in [0.3, 0.4) is 0 Å². The first kappa shape index (κ1) is 21.0. The molecule has 1 aliphatic rings. The number of fused-ring (bicyclic) bond motifs is 1. The van der Waals surface area contributed by atoms with Crippen LogP contribution in [-0.2, 0) is 6.42 Å². The van der Waals surface area contributed by atoms with E-state index in [0.29, 0.717) is 9.65 Å². The van der Waals surface area contributed by atoms with Crippen LogP contribution in [0.1, 0.15) is 76.4 Å². The molecule has 0 fully saturated rings. The molecule has 0 amide bonds. The molecule has 0 aromatic heterocycles. The molecule has 0 nitrogen and oxygen atoms in total. The van der Waals surface area contributed by atoms with Crippen molar-refractivity contribution >= 4 is 37.4 Å². The second-order valence-electron chi connectivity index (χ2n) is 9.49. The molecule has 0 saturated heterocycles. The SMILES string of the molecule is CC1=C(/C=C\CC(Br)C(C)(C)C)c2ccc(C(Br)C(C)(C)C)cc2C1. The van der Waals surface area contributed by atoms with E-state index in [0.717, 1.165) is 12.8 Å². The largest absolute Gasteiger partial charge is 0.0882 e. The summed E-state index contributed by atoms with van der Waals surface area (Å²) in [7, 11) is 0. The van der Waals surface area contributed by atoms with Crippen LogP contribution >= 0.6 is 31.9 Å². The molecule has 0 aliphatic heterocycles. The summed E-state index contributed by atoms with van der Waals surface area (Å²) in [5.74, 6) is 0. The minimum absolute atomic E-state index is 0.218. The molecule has 2 rings (SSSR count). The molecule has 2 heteroatoms. The van der Waals surface area contributed by atoms with Crippen molar-refractivity contribution in [2.45, 2.75) is 71.0 Å². The van der Waals surface area contributed by atoms with Crippen LogP contribution in [0.2, 0.25) is 0 Å². The number of hydrogen-bond acceptors (Lipinski definition) is 0. The first-order valence-corrected chi connectivity index (χ1v) is 11.0. The Kier molecular flexibility index (Phi) is 6.48. The van der Waals surface area contributed by atoms with Crippen molar-refractivity contribution in [3.8, 4) is 0 Å². The summed E-state index contributed by atoms with van der Waals surface area (Å²) in [5, 5.41) is 0. The Morgan fingerprint density at radius 2 is 1.68 bits per heavy atom. The Morgan fingerprint density at radius 1 is 1.04 bits per heavy atom. The van der Waals surface area contributed by atoms with E-state index >= 15 is 0 Å². The third kappa shape index (κ3) is 5.10. The van der Waals surface area contributed by atoms with Crippen LogP contribution in [-0.4, -0.2) is 4.83 Å². The van der Waals surface area contributed by atoms with E-state index in [9.17, 15) is 0 Å². The van der Waals surface area contributed by atoms with E-state index in [4.69, 9.17) is 0 Å². The fraction of sp³-hybridized carbons (Fsp3) is 0.565. The van der Waals surface area contributed by atoms with Crippen LogP contribution in [0.25, 0.3) is 5.57 Å². The summed E-state index contributed by atoms with van der Waals surface area (Å²) in [6.07, 6.45) is 6.79. The fourth-order valence-corrected chi connectivity index (χ4v) is 3.68. The zero-order chi connectivity index (χ0) is 19.0. The average molecular weight is 468 g/mol. The van der Waals surface area contributed by atoms with Gasteiger partial charge in [0.05, 0.1) is 0 Å². The van der Waals surface area contributed by atoms with Gasteiger partial charge in [0.1, 0.15) is 0 Å². The Morgan fingerprint density at radius 3 is 2.24 bits per heavy atom. The summed E-state index contributed by atoms with van der Waals surface area (Å²) < 4.78 is 0. The second kappa shape index (κ2) is 7.72. The van der Waals surface area contributed by atoms with Crippen LogP contribution in [0.4, 0.5) is 0 Å². The van der Waals surface area contributed by atoms with Gasteiger partial charge in [0.15, 0.2) is 0 Å². The van der Waals surface area contributed by atoms with E-state index in [-0.39, 0.29) is 10.8 Å². The molecule has 0 saturated carbocycles. The van der Waals surface area contributed by atoms with Crippen LogP contribution in [0.5, 0.6) is 0 Å². The highest BCUT2D eigenvalue weighted by molar-refractivity contribution is 9.09. The molecule has 1 aromatic carbocycles. The van der Waals surface area contributed by atoms with E-state index in [1.165, 1.54) is 27.8 Å². The van der Waals surface area contributed by atoms with Crippen LogP contribution in [0.15, 0.2) is 35.9 Å². The lowest BCUT2D eigenvalue weighted by molar-refractivity contribution is 0.401. The summed E-state index contributed by atoms with van der Waals surface area (Å²) in [6, 6.07) is 7.00. The minimum atomic E-state index is 0.218. The van der Waals surface area contributed by atoms with Crippen molar-refractivity contribution in [2.75, 3.05) is 0 Å². The molecule has 2 unspecified atom stereocenters. The maximum Gasteiger partial charge on any atom is 0.0443 e. The van der Waals surface area contributed by atoms with E-state index in [1.807, 2.05) is 0 Å². The molecule has 1 aromatic rings. The highest BCUT2D eigenvalue weighted by atomic mass is 79.9. The Labute approximate surface area is 171 Å². The highest BCUT2D eigenvalue weighted by Gasteiger charge is 2.26. The van der Waals surface area contributed by atoms with Crippen LogP contribution in [0, 0.1) is 10.8 Å². The van der Waals surface area contributed by atoms with Crippen molar-refractivity contribution < 1.29 is 0 Å².